The van der Waals surface area contributed by atoms with Crippen LogP contribution in [-0.2, 0) is 4.79 Å². The van der Waals surface area contributed by atoms with Crippen molar-refractivity contribution in [2.45, 2.75) is 19.8 Å². The molecule has 0 unspecified atom stereocenters. The fraction of sp³-hybridized carbons (Fsp3) is 0.273. The largest absolute Gasteiger partial charge is 0.303 e. The predicted molar refractivity (Wildman–Crippen MR) is 50.8 cm³/mol. The second-order valence-electron chi connectivity index (χ2n) is 2.94. The lowest BCUT2D eigenvalue weighted by atomic mass is 10.0. The first-order valence-electron chi connectivity index (χ1n) is 4.28. The number of rotatable bonds is 4. The summed E-state index contributed by atoms with van der Waals surface area (Å²) in [6, 6.07) is 7.42. The number of benzene rings is 1. The van der Waals surface area contributed by atoms with Crippen LogP contribution in [0.25, 0.3) is 0 Å². The van der Waals surface area contributed by atoms with Crippen LogP contribution >= 0.6 is 0 Å². The minimum atomic E-state index is 0.0465. The number of ketones is 1. The van der Waals surface area contributed by atoms with E-state index in [9.17, 15) is 9.59 Å². The lowest BCUT2D eigenvalue weighted by molar-refractivity contribution is -0.107. The van der Waals surface area contributed by atoms with Gasteiger partial charge in [0.15, 0.2) is 5.78 Å². The molecule has 2 nitrogen and oxygen atoms in total. The molecule has 1 rings (SSSR count). The number of hydrogen-bond acceptors (Lipinski definition) is 2. The number of aldehydes is 1. The number of carbonyl (C=O) groups excluding carboxylic acids is 2. The highest BCUT2D eigenvalue weighted by molar-refractivity contribution is 5.98. The lowest BCUT2D eigenvalue weighted by Gasteiger charge is -2.01. The zero-order valence-corrected chi connectivity index (χ0v) is 7.62. The molecule has 1 aromatic carbocycles. The van der Waals surface area contributed by atoms with Crippen molar-refractivity contribution in [1.82, 2.24) is 0 Å². The van der Waals surface area contributed by atoms with Crippen molar-refractivity contribution < 1.29 is 9.59 Å². The molecule has 0 heterocycles. The van der Waals surface area contributed by atoms with Gasteiger partial charge in [0.1, 0.15) is 6.29 Å². The van der Waals surface area contributed by atoms with Crippen LogP contribution in [0.1, 0.15) is 28.8 Å². The van der Waals surface area contributed by atoms with E-state index in [1.54, 1.807) is 6.07 Å². The number of Topliss-reactive ketones (excluding diaryl/α,β-unsaturated/α-hetero) is 1. The Morgan fingerprint density at radius 1 is 1.38 bits per heavy atom. The Hall–Kier alpha value is -1.44. The van der Waals surface area contributed by atoms with Crippen molar-refractivity contribution >= 4 is 12.1 Å². The van der Waals surface area contributed by atoms with Crippen LogP contribution in [0.15, 0.2) is 24.3 Å². The standard InChI is InChI=1S/C11H12O2/c1-9-5-2-3-6-10(9)11(13)7-4-8-12/h2-3,5-6,8H,4,7H2,1H3. The Balaban J connectivity index is 2.76. The summed E-state index contributed by atoms with van der Waals surface area (Å²) in [5.74, 6) is 0.0465. The quantitative estimate of drug-likeness (QED) is 0.520. The van der Waals surface area contributed by atoms with Gasteiger partial charge in [0.25, 0.3) is 0 Å². The monoisotopic (exact) mass is 176 g/mol. The maximum atomic E-state index is 11.5. The van der Waals surface area contributed by atoms with Gasteiger partial charge in [0, 0.05) is 18.4 Å². The Bertz CT molecular complexity index is 316. The number of carbonyl (C=O) groups is 2. The molecule has 0 amide bonds. The first-order valence-corrected chi connectivity index (χ1v) is 4.28. The van der Waals surface area contributed by atoms with Crippen molar-refractivity contribution in [2.75, 3.05) is 0 Å². The molecular formula is C11H12O2. The summed E-state index contributed by atoms with van der Waals surface area (Å²) in [5.41, 5.74) is 1.70. The smallest absolute Gasteiger partial charge is 0.163 e. The molecule has 0 N–H and O–H groups in total. The molecular weight excluding hydrogens is 164 g/mol. The van der Waals surface area contributed by atoms with Gasteiger partial charge in [0.2, 0.25) is 0 Å². The van der Waals surface area contributed by atoms with Gasteiger partial charge in [-0.1, -0.05) is 24.3 Å². The summed E-state index contributed by atoms with van der Waals surface area (Å²) in [6.45, 7) is 1.90. The third kappa shape index (κ3) is 2.51. The van der Waals surface area contributed by atoms with Crippen molar-refractivity contribution in [3.05, 3.63) is 35.4 Å². The van der Waals surface area contributed by atoms with Crippen LogP contribution < -0.4 is 0 Å². The molecule has 0 aliphatic rings. The van der Waals surface area contributed by atoms with Gasteiger partial charge >= 0.3 is 0 Å². The van der Waals surface area contributed by atoms with E-state index in [4.69, 9.17) is 0 Å². The molecule has 0 aliphatic carbocycles. The van der Waals surface area contributed by atoms with Gasteiger partial charge < -0.3 is 4.79 Å². The van der Waals surface area contributed by atoms with E-state index in [0.29, 0.717) is 12.8 Å². The first-order chi connectivity index (χ1) is 6.25. The van der Waals surface area contributed by atoms with E-state index in [1.165, 1.54) is 0 Å². The normalized spacial score (nSPS) is 9.62. The van der Waals surface area contributed by atoms with E-state index >= 15 is 0 Å². The van der Waals surface area contributed by atoms with E-state index < -0.39 is 0 Å². The molecule has 1 aromatic rings. The van der Waals surface area contributed by atoms with E-state index in [1.807, 2.05) is 25.1 Å². The predicted octanol–water partition coefficient (Wildman–Crippen LogP) is 2.16. The van der Waals surface area contributed by atoms with E-state index in [2.05, 4.69) is 0 Å². The minimum absolute atomic E-state index is 0.0465. The van der Waals surface area contributed by atoms with Crippen LogP contribution in [-0.4, -0.2) is 12.1 Å². The fourth-order valence-corrected chi connectivity index (χ4v) is 1.21. The molecule has 0 aliphatic heterocycles. The summed E-state index contributed by atoms with van der Waals surface area (Å²) in [6.07, 6.45) is 1.40. The molecule has 0 saturated heterocycles. The van der Waals surface area contributed by atoms with Gasteiger partial charge in [-0.2, -0.15) is 0 Å². The molecule has 0 aromatic heterocycles. The van der Waals surface area contributed by atoms with E-state index in [0.717, 1.165) is 17.4 Å². The number of hydrogen-bond donors (Lipinski definition) is 0. The summed E-state index contributed by atoms with van der Waals surface area (Å²) in [5, 5.41) is 0. The molecule has 0 spiro atoms. The van der Waals surface area contributed by atoms with Gasteiger partial charge in [-0.25, -0.2) is 0 Å². The lowest BCUT2D eigenvalue weighted by Crippen LogP contribution is -2.01. The molecule has 2 heteroatoms. The van der Waals surface area contributed by atoms with Crippen LogP contribution in [0, 0.1) is 6.92 Å². The topological polar surface area (TPSA) is 34.1 Å². The second kappa shape index (κ2) is 4.55. The number of aryl methyl sites for hydroxylation is 1. The van der Waals surface area contributed by atoms with Gasteiger partial charge in [-0.05, 0) is 12.5 Å². The average Bonchev–Trinajstić information content (AvgIpc) is 2.15. The first kappa shape index (κ1) is 9.65. The third-order valence-electron chi connectivity index (χ3n) is 1.93. The van der Waals surface area contributed by atoms with Crippen molar-refractivity contribution in [3.8, 4) is 0 Å². The third-order valence-corrected chi connectivity index (χ3v) is 1.93. The van der Waals surface area contributed by atoms with Crippen LogP contribution in [0.3, 0.4) is 0 Å². The van der Waals surface area contributed by atoms with Gasteiger partial charge in [-0.3, -0.25) is 4.79 Å². The second-order valence-corrected chi connectivity index (χ2v) is 2.94. The summed E-state index contributed by atoms with van der Waals surface area (Å²) < 4.78 is 0. The summed E-state index contributed by atoms with van der Waals surface area (Å²) >= 11 is 0. The Morgan fingerprint density at radius 2 is 2.08 bits per heavy atom. The maximum absolute atomic E-state index is 11.5. The molecule has 0 radical (unpaired) electrons. The van der Waals surface area contributed by atoms with Crippen LogP contribution in [0.5, 0.6) is 0 Å². The minimum Gasteiger partial charge on any atom is -0.303 e. The highest BCUT2D eigenvalue weighted by Crippen LogP contribution is 2.10. The molecule has 68 valence electrons. The van der Waals surface area contributed by atoms with E-state index in [-0.39, 0.29) is 5.78 Å². The molecule has 13 heavy (non-hydrogen) atoms. The van der Waals surface area contributed by atoms with Crippen LogP contribution in [0.2, 0.25) is 0 Å². The molecule has 0 fully saturated rings. The van der Waals surface area contributed by atoms with Crippen molar-refractivity contribution in [3.63, 3.8) is 0 Å². The molecule has 0 bridgehead atoms. The highest BCUT2D eigenvalue weighted by Gasteiger charge is 2.06. The Labute approximate surface area is 77.6 Å². The SMILES string of the molecule is Cc1ccccc1C(=O)CCC=O. The summed E-state index contributed by atoms with van der Waals surface area (Å²) in [4.78, 5) is 21.5. The zero-order valence-electron chi connectivity index (χ0n) is 7.62. The van der Waals surface area contributed by atoms with Crippen molar-refractivity contribution in [1.29, 1.82) is 0 Å². The summed E-state index contributed by atoms with van der Waals surface area (Å²) in [7, 11) is 0. The van der Waals surface area contributed by atoms with Crippen LogP contribution in [0.4, 0.5) is 0 Å². The Kier molecular flexibility index (Phi) is 3.38. The van der Waals surface area contributed by atoms with Crippen molar-refractivity contribution in [2.24, 2.45) is 0 Å². The molecule has 0 atom stereocenters. The van der Waals surface area contributed by atoms with Gasteiger partial charge in [-0.15, -0.1) is 0 Å². The maximum Gasteiger partial charge on any atom is 0.163 e. The van der Waals surface area contributed by atoms with Gasteiger partial charge in [0.05, 0.1) is 0 Å². The highest BCUT2D eigenvalue weighted by atomic mass is 16.1. The Morgan fingerprint density at radius 3 is 2.69 bits per heavy atom. The fourth-order valence-electron chi connectivity index (χ4n) is 1.21. The average molecular weight is 176 g/mol. The zero-order chi connectivity index (χ0) is 9.68. The molecule has 0 saturated carbocycles.